The van der Waals surface area contributed by atoms with Crippen molar-refractivity contribution in [3.63, 3.8) is 0 Å². The molecule has 0 amide bonds. The molecule has 1 N–H and O–H groups in total. The highest BCUT2D eigenvalue weighted by molar-refractivity contribution is 5.91. The Labute approximate surface area is 173 Å². The molecular weight excluding hydrogens is 392 g/mol. The van der Waals surface area contributed by atoms with Gasteiger partial charge in [-0.2, -0.15) is 0 Å². The summed E-state index contributed by atoms with van der Waals surface area (Å²) in [5.74, 6) is -0.467. The Bertz CT molecular complexity index is 902. The fourth-order valence-corrected chi connectivity index (χ4v) is 2.28. The maximum Gasteiger partial charge on any atom is 0.513 e. The summed E-state index contributed by atoms with van der Waals surface area (Å²) < 4.78 is 20.0. The molecule has 2 rings (SSSR count). The Kier molecular flexibility index (Phi) is 8.43. The molecule has 158 valence electrons. The molecule has 2 aromatic carbocycles. The SMILES string of the molecule is C=CC(=O)OCCCCOC(=O)Oc1ccc(C(=O)Oc2ccc(O)cc2C)cc1. The molecule has 0 unspecified atom stereocenters. The van der Waals surface area contributed by atoms with Crippen LogP contribution in [0.3, 0.4) is 0 Å². The van der Waals surface area contributed by atoms with Crippen LogP contribution < -0.4 is 9.47 Å². The van der Waals surface area contributed by atoms with Gasteiger partial charge >= 0.3 is 18.1 Å². The lowest BCUT2D eigenvalue weighted by molar-refractivity contribution is -0.137. The Morgan fingerprint density at radius 3 is 2.27 bits per heavy atom. The third-order valence-corrected chi connectivity index (χ3v) is 3.82. The van der Waals surface area contributed by atoms with Crippen molar-refractivity contribution >= 4 is 18.1 Å². The molecular formula is C22H22O8. The minimum Gasteiger partial charge on any atom is -0.508 e. The van der Waals surface area contributed by atoms with Gasteiger partial charge < -0.3 is 24.1 Å². The van der Waals surface area contributed by atoms with E-state index in [1.54, 1.807) is 6.92 Å². The van der Waals surface area contributed by atoms with Gasteiger partial charge in [0.1, 0.15) is 17.2 Å². The molecule has 0 radical (unpaired) electrons. The van der Waals surface area contributed by atoms with Gasteiger partial charge in [-0.05, 0) is 67.8 Å². The lowest BCUT2D eigenvalue weighted by atomic mass is 10.2. The highest BCUT2D eigenvalue weighted by atomic mass is 16.7. The van der Waals surface area contributed by atoms with Gasteiger partial charge in [0.2, 0.25) is 0 Å². The fraction of sp³-hybridized carbons (Fsp3) is 0.227. The number of carbonyl (C=O) groups excluding carboxylic acids is 3. The predicted octanol–water partition coefficient (Wildman–Crippen LogP) is 3.94. The van der Waals surface area contributed by atoms with E-state index in [-0.39, 0.29) is 30.3 Å². The first-order chi connectivity index (χ1) is 14.4. The molecule has 0 saturated heterocycles. The largest absolute Gasteiger partial charge is 0.513 e. The summed E-state index contributed by atoms with van der Waals surface area (Å²) in [5, 5.41) is 9.40. The minimum absolute atomic E-state index is 0.0804. The van der Waals surface area contributed by atoms with Crippen LogP contribution in [0, 0.1) is 6.92 Å². The number of phenolic OH excluding ortho intramolecular Hbond substituents is 1. The van der Waals surface area contributed by atoms with Crippen LogP contribution in [-0.2, 0) is 14.3 Å². The van der Waals surface area contributed by atoms with Crippen LogP contribution in [-0.4, -0.2) is 36.4 Å². The number of phenols is 1. The third kappa shape index (κ3) is 7.31. The Morgan fingerprint density at radius 1 is 0.967 bits per heavy atom. The molecule has 0 aliphatic heterocycles. The molecule has 0 aliphatic carbocycles. The van der Waals surface area contributed by atoms with Crippen LogP contribution in [0.2, 0.25) is 0 Å². The van der Waals surface area contributed by atoms with E-state index in [0.29, 0.717) is 24.2 Å². The van der Waals surface area contributed by atoms with Crippen LogP contribution in [0.15, 0.2) is 55.1 Å². The van der Waals surface area contributed by atoms with Crippen molar-refractivity contribution in [2.75, 3.05) is 13.2 Å². The summed E-state index contributed by atoms with van der Waals surface area (Å²) >= 11 is 0. The van der Waals surface area contributed by atoms with E-state index in [4.69, 9.17) is 18.9 Å². The first-order valence-corrected chi connectivity index (χ1v) is 9.14. The topological polar surface area (TPSA) is 108 Å². The van der Waals surface area contributed by atoms with Gasteiger partial charge in [-0.25, -0.2) is 14.4 Å². The third-order valence-electron chi connectivity index (χ3n) is 3.82. The maximum atomic E-state index is 12.2. The van der Waals surface area contributed by atoms with Gasteiger partial charge in [-0.3, -0.25) is 0 Å². The number of aryl methyl sites for hydroxylation is 1. The van der Waals surface area contributed by atoms with Crippen LogP contribution in [0.4, 0.5) is 4.79 Å². The number of hydrogen-bond donors (Lipinski definition) is 1. The number of ether oxygens (including phenoxy) is 4. The van der Waals surface area contributed by atoms with Crippen LogP contribution in [0.5, 0.6) is 17.2 Å². The molecule has 0 atom stereocenters. The smallest absolute Gasteiger partial charge is 0.508 e. The van der Waals surface area contributed by atoms with Crippen molar-refractivity contribution in [3.8, 4) is 17.2 Å². The lowest BCUT2D eigenvalue weighted by Gasteiger charge is -2.09. The zero-order valence-electron chi connectivity index (χ0n) is 16.5. The molecule has 8 heteroatoms. The van der Waals surface area contributed by atoms with E-state index < -0.39 is 18.1 Å². The van der Waals surface area contributed by atoms with Gasteiger partial charge in [0, 0.05) is 6.08 Å². The Hall–Kier alpha value is -3.81. The molecule has 0 fully saturated rings. The standard InChI is InChI=1S/C22H22O8/c1-3-20(24)27-12-4-5-13-28-22(26)29-18-9-6-16(7-10-18)21(25)30-19-11-8-17(23)14-15(19)2/h3,6-11,14,23H,1,4-5,12-13H2,2H3. The Balaban J connectivity index is 1.75. The van der Waals surface area contributed by atoms with Gasteiger partial charge in [0.05, 0.1) is 18.8 Å². The first-order valence-electron chi connectivity index (χ1n) is 9.14. The monoisotopic (exact) mass is 414 g/mol. The van der Waals surface area contributed by atoms with Crippen molar-refractivity contribution in [1.82, 2.24) is 0 Å². The zero-order chi connectivity index (χ0) is 21.9. The molecule has 0 aliphatic rings. The molecule has 2 aromatic rings. The second-order valence-corrected chi connectivity index (χ2v) is 6.14. The van der Waals surface area contributed by atoms with Crippen molar-refractivity contribution < 1.29 is 38.4 Å². The summed E-state index contributed by atoms with van der Waals surface area (Å²) in [6.45, 7) is 5.32. The minimum atomic E-state index is -0.881. The van der Waals surface area contributed by atoms with E-state index in [1.165, 1.54) is 42.5 Å². The maximum absolute atomic E-state index is 12.2. The van der Waals surface area contributed by atoms with Crippen LogP contribution in [0.1, 0.15) is 28.8 Å². The van der Waals surface area contributed by atoms with Gasteiger partial charge in [0.25, 0.3) is 0 Å². The number of hydrogen-bond acceptors (Lipinski definition) is 8. The van der Waals surface area contributed by atoms with Crippen molar-refractivity contribution in [2.45, 2.75) is 19.8 Å². The second kappa shape index (κ2) is 11.3. The van der Waals surface area contributed by atoms with Crippen LogP contribution in [0.25, 0.3) is 0 Å². The van der Waals surface area contributed by atoms with E-state index in [2.05, 4.69) is 6.58 Å². The number of rotatable bonds is 9. The van der Waals surface area contributed by atoms with Gasteiger partial charge in [-0.15, -0.1) is 0 Å². The first kappa shape index (κ1) is 22.5. The lowest BCUT2D eigenvalue weighted by Crippen LogP contribution is -2.13. The highest BCUT2D eigenvalue weighted by Gasteiger charge is 2.12. The van der Waals surface area contributed by atoms with Gasteiger partial charge in [0.15, 0.2) is 0 Å². The fourth-order valence-electron chi connectivity index (χ4n) is 2.28. The number of esters is 2. The van der Waals surface area contributed by atoms with Crippen molar-refractivity contribution in [1.29, 1.82) is 0 Å². The number of aromatic hydroxyl groups is 1. The summed E-state index contributed by atoms with van der Waals surface area (Å²) in [5.41, 5.74) is 0.877. The average Bonchev–Trinajstić information content (AvgIpc) is 2.72. The highest BCUT2D eigenvalue weighted by Crippen LogP contribution is 2.23. The number of carbonyl (C=O) groups is 3. The molecule has 8 nitrogen and oxygen atoms in total. The van der Waals surface area contributed by atoms with Crippen molar-refractivity contribution in [2.24, 2.45) is 0 Å². The summed E-state index contributed by atoms with van der Waals surface area (Å²) in [7, 11) is 0. The molecule has 30 heavy (non-hydrogen) atoms. The van der Waals surface area contributed by atoms with E-state index in [0.717, 1.165) is 6.08 Å². The molecule has 0 spiro atoms. The Morgan fingerprint density at radius 2 is 1.63 bits per heavy atom. The van der Waals surface area contributed by atoms with Crippen LogP contribution >= 0.6 is 0 Å². The average molecular weight is 414 g/mol. The molecule has 0 bridgehead atoms. The quantitative estimate of drug-likeness (QED) is 0.216. The number of benzene rings is 2. The summed E-state index contributed by atoms with van der Waals surface area (Å²) in [6.07, 6.45) is 1.23. The van der Waals surface area contributed by atoms with E-state index in [9.17, 15) is 19.5 Å². The van der Waals surface area contributed by atoms with Crippen molar-refractivity contribution in [3.05, 3.63) is 66.2 Å². The zero-order valence-corrected chi connectivity index (χ0v) is 16.5. The molecule has 0 saturated carbocycles. The second-order valence-electron chi connectivity index (χ2n) is 6.14. The van der Waals surface area contributed by atoms with Gasteiger partial charge in [-0.1, -0.05) is 6.58 Å². The number of unbranched alkanes of at least 4 members (excludes halogenated alkanes) is 1. The normalized spacial score (nSPS) is 10.0. The summed E-state index contributed by atoms with van der Waals surface area (Å²) in [6, 6.07) is 10.2. The molecule has 0 aromatic heterocycles. The summed E-state index contributed by atoms with van der Waals surface area (Å²) in [4.78, 5) is 34.7. The molecule has 0 heterocycles. The van der Waals surface area contributed by atoms with E-state index >= 15 is 0 Å². The van der Waals surface area contributed by atoms with E-state index in [1.807, 2.05) is 0 Å². The predicted molar refractivity (Wildman–Crippen MR) is 107 cm³/mol.